The Balaban J connectivity index is 2.39. The third-order valence-corrected chi connectivity index (χ3v) is 1.79. The summed E-state index contributed by atoms with van der Waals surface area (Å²) >= 11 is 0. The van der Waals surface area contributed by atoms with E-state index >= 15 is 0 Å². The summed E-state index contributed by atoms with van der Waals surface area (Å²) in [6, 6.07) is 0. The lowest BCUT2D eigenvalue weighted by Gasteiger charge is -2.30. The summed E-state index contributed by atoms with van der Waals surface area (Å²) < 4.78 is 17.5. The van der Waals surface area contributed by atoms with Crippen LogP contribution < -0.4 is 0 Å². The molecule has 1 rings (SSSR count). The van der Waals surface area contributed by atoms with E-state index in [2.05, 4.69) is 4.74 Å². The topological polar surface area (TPSA) is 26.3 Å². The molecule has 0 aromatic rings. The Labute approximate surface area is 59.4 Å². The minimum atomic E-state index is -1.63. The van der Waals surface area contributed by atoms with E-state index in [0.717, 1.165) is 6.42 Å². The molecule has 0 aromatic heterocycles. The molecule has 0 unspecified atom stereocenters. The van der Waals surface area contributed by atoms with Crippen LogP contribution in [0.15, 0.2) is 0 Å². The fourth-order valence-electron chi connectivity index (χ4n) is 0.952. The van der Waals surface area contributed by atoms with Gasteiger partial charge >= 0.3 is 5.97 Å². The number of hydrogen-bond acceptors (Lipinski definition) is 2. The Hall–Kier alpha value is -0.600. The molecule has 1 fully saturated rings. The van der Waals surface area contributed by atoms with Gasteiger partial charge in [-0.25, -0.2) is 9.18 Å². The van der Waals surface area contributed by atoms with Gasteiger partial charge in [-0.3, -0.25) is 0 Å². The second kappa shape index (κ2) is 2.56. The fourth-order valence-corrected chi connectivity index (χ4v) is 0.952. The SMILES string of the molecule is CCOC(=O)C1(F)CCC1. The van der Waals surface area contributed by atoms with Gasteiger partial charge in [0.05, 0.1) is 6.61 Å². The van der Waals surface area contributed by atoms with Crippen LogP contribution in [0.4, 0.5) is 4.39 Å². The van der Waals surface area contributed by atoms with Crippen molar-refractivity contribution in [2.75, 3.05) is 6.61 Å². The van der Waals surface area contributed by atoms with E-state index in [9.17, 15) is 9.18 Å². The predicted molar refractivity (Wildman–Crippen MR) is 34.3 cm³/mol. The number of halogens is 1. The smallest absolute Gasteiger partial charge is 0.343 e. The highest BCUT2D eigenvalue weighted by atomic mass is 19.1. The summed E-state index contributed by atoms with van der Waals surface area (Å²) in [5.41, 5.74) is -1.63. The summed E-state index contributed by atoms with van der Waals surface area (Å²) in [7, 11) is 0. The minimum Gasteiger partial charge on any atom is -0.464 e. The monoisotopic (exact) mass is 146 g/mol. The number of alkyl halides is 1. The average Bonchev–Trinajstić information content (AvgIpc) is 1.83. The quantitative estimate of drug-likeness (QED) is 0.551. The van der Waals surface area contributed by atoms with E-state index in [-0.39, 0.29) is 6.61 Å². The van der Waals surface area contributed by atoms with Crippen molar-refractivity contribution in [2.24, 2.45) is 0 Å². The van der Waals surface area contributed by atoms with Gasteiger partial charge in [0.1, 0.15) is 0 Å². The van der Waals surface area contributed by atoms with E-state index in [1.807, 2.05) is 0 Å². The molecule has 1 saturated carbocycles. The number of carbonyl (C=O) groups excluding carboxylic acids is 1. The summed E-state index contributed by atoms with van der Waals surface area (Å²) in [5, 5.41) is 0. The third kappa shape index (κ3) is 1.13. The van der Waals surface area contributed by atoms with Gasteiger partial charge in [0.15, 0.2) is 0 Å². The normalized spacial score (nSPS) is 21.4. The Bertz CT molecular complexity index is 141. The van der Waals surface area contributed by atoms with Crippen molar-refractivity contribution in [2.45, 2.75) is 31.9 Å². The molecule has 1 aliphatic rings. The van der Waals surface area contributed by atoms with E-state index in [1.165, 1.54) is 0 Å². The van der Waals surface area contributed by atoms with Crippen LogP contribution in [0.3, 0.4) is 0 Å². The second-order valence-electron chi connectivity index (χ2n) is 2.54. The molecule has 3 heteroatoms. The molecule has 10 heavy (non-hydrogen) atoms. The molecular formula is C7H11FO2. The predicted octanol–water partition coefficient (Wildman–Crippen LogP) is 1.44. The Kier molecular flexibility index (Phi) is 1.92. The molecule has 1 aliphatic carbocycles. The molecule has 2 nitrogen and oxygen atoms in total. The maximum absolute atomic E-state index is 13.0. The van der Waals surface area contributed by atoms with E-state index < -0.39 is 11.6 Å². The average molecular weight is 146 g/mol. The number of esters is 1. The first-order valence-electron chi connectivity index (χ1n) is 3.55. The van der Waals surface area contributed by atoms with Crippen LogP contribution in [0.1, 0.15) is 26.2 Å². The van der Waals surface area contributed by atoms with Gasteiger partial charge in [-0.1, -0.05) is 0 Å². The third-order valence-electron chi connectivity index (χ3n) is 1.79. The zero-order valence-electron chi connectivity index (χ0n) is 6.02. The molecule has 0 atom stereocenters. The fraction of sp³-hybridized carbons (Fsp3) is 0.857. The lowest BCUT2D eigenvalue weighted by molar-refractivity contribution is -0.163. The summed E-state index contributed by atoms with van der Waals surface area (Å²) in [6.07, 6.45) is 1.48. The Morgan fingerprint density at radius 2 is 2.30 bits per heavy atom. The first-order valence-corrected chi connectivity index (χ1v) is 3.55. The van der Waals surface area contributed by atoms with Gasteiger partial charge < -0.3 is 4.74 Å². The number of carbonyl (C=O) groups is 1. The zero-order valence-corrected chi connectivity index (χ0v) is 6.02. The molecule has 0 N–H and O–H groups in total. The van der Waals surface area contributed by atoms with Gasteiger partial charge in [0.2, 0.25) is 5.67 Å². The van der Waals surface area contributed by atoms with Gasteiger partial charge in [0.25, 0.3) is 0 Å². The van der Waals surface area contributed by atoms with Crippen molar-refractivity contribution in [3.8, 4) is 0 Å². The van der Waals surface area contributed by atoms with Crippen molar-refractivity contribution in [1.29, 1.82) is 0 Å². The van der Waals surface area contributed by atoms with Crippen LogP contribution in [-0.4, -0.2) is 18.2 Å². The molecule has 0 bridgehead atoms. The maximum Gasteiger partial charge on any atom is 0.343 e. The summed E-state index contributed by atoms with van der Waals surface area (Å²) in [4.78, 5) is 10.7. The maximum atomic E-state index is 13.0. The van der Waals surface area contributed by atoms with Crippen LogP contribution in [-0.2, 0) is 9.53 Å². The van der Waals surface area contributed by atoms with E-state index in [0.29, 0.717) is 12.8 Å². The molecule has 58 valence electrons. The van der Waals surface area contributed by atoms with E-state index in [1.54, 1.807) is 6.92 Å². The first kappa shape index (κ1) is 7.51. The van der Waals surface area contributed by atoms with Crippen LogP contribution >= 0.6 is 0 Å². The highest BCUT2D eigenvalue weighted by Gasteiger charge is 2.45. The number of ether oxygens (including phenoxy) is 1. The highest BCUT2D eigenvalue weighted by molar-refractivity contribution is 5.80. The van der Waals surface area contributed by atoms with Crippen molar-refractivity contribution < 1.29 is 13.9 Å². The molecule has 0 aliphatic heterocycles. The number of rotatable bonds is 2. The lowest BCUT2D eigenvalue weighted by atomic mass is 9.82. The molecule has 0 radical (unpaired) electrons. The first-order chi connectivity index (χ1) is 4.69. The van der Waals surface area contributed by atoms with Crippen molar-refractivity contribution in [3.63, 3.8) is 0 Å². The van der Waals surface area contributed by atoms with Gasteiger partial charge in [0, 0.05) is 0 Å². The molecule has 0 saturated heterocycles. The lowest BCUT2D eigenvalue weighted by Crippen LogP contribution is -2.41. The molecule has 0 amide bonds. The molecule has 0 spiro atoms. The van der Waals surface area contributed by atoms with Crippen molar-refractivity contribution >= 4 is 5.97 Å². The van der Waals surface area contributed by atoms with Gasteiger partial charge in [-0.15, -0.1) is 0 Å². The van der Waals surface area contributed by atoms with Gasteiger partial charge in [-0.05, 0) is 26.2 Å². The van der Waals surface area contributed by atoms with Crippen molar-refractivity contribution in [1.82, 2.24) is 0 Å². The number of hydrogen-bond donors (Lipinski definition) is 0. The summed E-state index contributed by atoms with van der Waals surface area (Å²) in [6.45, 7) is 1.95. The Morgan fingerprint density at radius 1 is 1.70 bits per heavy atom. The van der Waals surface area contributed by atoms with Crippen LogP contribution in [0.25, 0.3) is 0 Å². The van der Waals surface area contributed by atoms with Gasteiger partial charge in [-0.2, -0.15) is 0 Å². The zero-order chi connectivity index (χ0) is 7.61. The summed E-state index contributed by atoms with van der Waals surface area (Å²) in [5.74, 6) is -0.679. The molecule has 0 aromatic carbocycles. The van der Waals surface area contributed by atoms with Crippen LogP contribution in [0.5, 0.6) is 0 Å². The highest BCUT2D eigenvalue weighted by Crippen LogP contribution is 2.36. The van der Waals surface area contributed by atoms with Crippen LogP contribution in [0, 0.1) is 0 Å². The minimum absolute atomic E-state index is 0.268. The second-order valence-corrected chi connectivity index (χ2v) is 2.54. The largest absolute Gasteiger partial charge is 0.464 e. The van der Waals surface area contributed by atoms with Crippen molar-refractivity contribution in [3.05, 3.63) is 0 Å². The molecular weight excluding hydrogens is 135 g/mol. The molecule has 0 heterocycles. The Morgan fingerprint density at radius 3 is 2.60 bits per heavy atom. The van der Waals surface area contributed by atoms with Crippen LogP contribution in [0.2, 0.25) is 0 Å². The van der Waals surface area contributed by atoms with E-state index in [4.69, 9.17) is 0 Å². The standard InChI is InChI=1S/C7H11FO2/c1-2-10-6(9)7(8)4-3-5-7/h2-5H2,1H3.